The maximum absolute atomic E-state index is 12.8. The number of aromatic nitrogens is 2. The molecule has 1 amide bonds. The first-order valence-corrected chi connectivity index (χ1v) is 9.38. The van der Waals surface area contributed by atoms with Gasteiger partial charge in [0.2, 0.25) is 5.91 Å². The topological polar surface area (TPSA) is 111 Å². The molecule has 0 aliphatic rings. The van der Waals surface area contributed by atoms with Crippen LogP contribution in [0.1, 0.15) is 5.56 Å². The smallest absolute Gasteiger partial charge is 0.411 e. The van der Waals surface area contributed by atoms with Crippen LogP contribution in [0.25, 0.3) is 11.5 Å². The Bertz CT molecular complexity index is 1110. The van der Waals surface area contributed by atoms with Gasteiger partial charge in [0, 0.05) is 6.07 Å². The van der Waals surface area contributed by atoms with E-state index >= 15 is 0 Å². The van der Waals surface area contributed by atoms with Crippen LogP contribution in [0.2, 0.25) is 5.02 Å². The first kappa shape index (κ1) is 21.6. The number of hydrogen-bond acceptors (Lipinski definition) is 7. The molecule has 0 spiro atoms. The van der Waals surface area contributed by atoms with E-state index in [1.807, 2.05) is 0 Å². The van der Waals surface area contributed by atoms with Gasteiger partial charge in [-0.25, -0.2) is 0 Å². The second-order valence-corrected chi connectivity index (χ2v) is 7.01. The quantitative estimate of drug-likeness (QED) is 0.312. The normalized spacial score (nSPS) is 11.3. The van der Waals surface area contributed by atoms with E-state index in [1.54, 1.807) is 6.07 Å². The number of para-hydroxylation sites is 1. The molecule has 0 radical (unpaired) electrons. The number of amides is 1. The van der Waals surface area contributed by atoms with Crippen molar-refractivity contribution >= 4 is 40.6 Å². The van der Waals surface area contributed by atoms with Gasteiger partial charge in [-0.3, -0.25) is 14.9 Å². The highest BCUT2D eigenvalue weighted by molar-refractivity contribution is 7.99. The van der Waals surface area contributed by atoms with Crippen molar-refractivity contribution < 1.29 is 27.3 Å². The highest BCUT2D eigenvalue weighted by atomic mass is 35.5. The summed E-state index contributed by atoms with van der Waals surface area (Å²) in [6, 6.07) is 8.31. The molecule has 3 rings (SSSR count). The first-order chi connectivity index (χ1) is 14.1. The maximum atomic E-state index is 12.8. The first-order valence-electron chi connectivity index (χ1n) is 8.02. The number of hydrogen-bond donors (Lipinski definition) is 1. The van der Waals surface area contributed by atoms with E-state index in [0.717, 1.165) is 30.0 Å². The average Bonchev–Trinajstić information content (AvgIpc) is 3.16. The number of rotatable bonds is 6. The van der Waals surface area contributed by atoms with Gasteiger partial charge in [0.1, 0.15) is 5.56 Å². The lowest BCUT2D eigenvalue weighted by atomic mass is 10.2. The van der Waals surface area contributed by atoms with E-state index in [1.165, 1.54) is 18.2 Å². The summed E-state index contributed by atoms with van der Waals surface area (Å²) in [5.41, 5.74) is -1.26. The molecule has 0 unspecified atom stereocenters. The van der Waals surface area contributed by atoms with Gasteiger partial charge >= 0.3 is 6.18 Å². The Hall–Kier alpha value is -3.12. The summed E-state index contributed by atoms with van der Waals surface area (Å²) in [6.45, 7) is 0. The molecule has 30 heavy (non-hydrogen) atoms. The van der Waals surface area contributed by atoms with Crippen molar-refractivity contribution in [3.63, 3.8) is 0 Å². The molecule has 8 nitrogen and oxygen atoms in total. The molecule has 1 N–H and O–H groups in total. The number of nitrogens with zero attached hydrogens (tertiary/aromatic N) is 3. The Balaban J connectivity index is 1.67. The number of thioether (sulfide) groups is 1. The van der Waals surface area contributed by atoms with Crippen LogP contribution >= 0.6 is 23.4 Å². The molecule has 1 aromatic heterocycles. The number of anilines is 1. The number of carbonyl (C=O) groups is 1. The molecule has 0 aliphatic heterocycles. The van der Waals surface area contributed by atoms with Crippen molar-refractivity contribution in [3.05, 3.63) is 63.2 Å². The van der Waals surface area contributed by atoms with Gasteiger partial charge in [0.25, 0.3) is 16.8 Å². The highest BCUT2D eigenvalue weighted by Gasteiger charge is 2.31. The van der Waals surface area contributed by atoms with Crippen LogP contribution in [0.4, 0.5) is 24.5 Å². The van der Waals surface area contributed by atoms with E-state index < -0.39 is 22.6 Å². The Kier molecular flexibility index (Phi) is 6.27. The van der Waals surface area contributed by atoms with Gasteiger partial charge in [0.15, 0.2) is 0 Å². The zero-order valence-corrected chi connectivity index (χ0v) is 16.2. The van der Waals surface area contributed by atoms with E-state index in [2.05, 4.69) is 15.5 Å². The van der Waals surface area contributed by atoms with E-state index in [-0.39, 0.29) is 38.8 Å². The second kappa shape index (κ2) is 8.71. The molecule has 0 atom stereocenters. The van der Waals surface area contributed by atoms with Gasteiger partial charge in [-0.15, -0.1) is 10.2 Å². The molecule has 0 aliphatic carbocycles. The van der Waals surface area contributed by atoms with Crippen molar-refractivity contribution in [1.29, 1.82) is 0 Å². The SMILES string of the molecule is O=C(CSc1nnc(-c2ccccc2[N+](=O)[O-])o1)Nc1cc(C(F)(F)F)ccc1Cl. The zero-order valence-electron chi connectivity index (χ0n) is 14.6. The monoisotopic (exact) mass is 458 g/mol. The number of nitro groups is 1. The van der Waals surface area contributed by atoms with E-state index in [0.29, 0.717) is 0 Å². The Morgan fingerprint density at radius 1 is 1.23 bits per heavy atom. The molecular weight excluding hydrogens is 449 g/mol. The third-order valence-electron chi connectivity index (χ3n) is 3.63. The molecule has 0 saturated carbocycles. The predicted octanol–water partition coefficient (Wildman–Crippen LogP) is 5.05. The van der Waals surface area contributed by atoms with E-state index in [4.69, 9.17) is 16.0 Å². The minimum Gasteiger partial charge on any atom is -0.411 e. The second-order valence-electron chi connectivity index (χ2n) is 5.68. The standard InChI is InChI=1S/C17H10ClF3N4O4S/c18-11-6-5-9(17(19,20)21)7-12(11)22-14(26)8-30-16-24-23-15(29-16)10-3-1-2-4-13(10)25(27)28/h1-7H,8H2,(H,22,26). The molecular formula is C17H10ClF3N4O4S. The lowest BCUT2D eigenvalue weighted by Crippen LogP contribution is -2.15. The Labute approximate surface area is 175 Å². The summed E-state index contributed by atoms with van der Waals surface area (Å²) >= 11 is 6.64. The molecule has 0 saturated heterocycles. The number of nitro benzene ring substituents is 1. The van der Waals surface area contributed by atoms with Crippen LogP contribution < -0.4 is 5.32 Å². The fourth-order valence-corrected chi connectivity index (χ4v) is 3.03. The fraction of sp³-hybridized carbons (Fsp3) is 0.118. The van der Waals surface area contributed by atoms with E-state index in [9.17, 15) is 28.1 Å². The summed E-state index contributed by atoms with van der Waals surface area (Å²) in [6.07, 6.45) is -4.58. The van der Waals surface area contributed by atoms with Crippen LogP contribution in [0.5, 0.6) is 0 Å². The van der Waals surface area contributed by atoms with Crippen molar-refractivity contribution in [1.82, 2.24) is 10.2 Å². The molecule has 2 aromatic carbocycles. The van der Waals surface area contributed by atoms with Crippen molar-refractivity contribution in [2.75, 3.05) is 11.1 Å². The van der Waals surface area contributed by atoms with Gasteiger partial charge in [-0.1, -0.05) is 35.5 Å². The number of halogens is 4. The predicted molar refractivity (Wildman–Crippen MR) is 102 cm³/mol. The van der Waals surface area contributed by atoms with Crippen LogP contribution in [-0.2, 0) is 11.0 Å². The van der Waals surface area contributed by atoms with Crippen LogP contribution in [0.3, 0.4) is 0 Å². The van der Waals surface area contributed by atoms with Crippen molar-refractivity contribution in [2.24, 2.45) is 0 Å². The minimum absolute atomic E-state index is 0.0477. The Morgan fingerprint density at radius 2 is 1.97 bits per heavy atom. The van der Waals surface area contributed by atoms with Crippen molar-refractivity contribution in [2.45, 2.75) is 11.4 Å². The number of benzene rings is 2. The van der Waals surface area contributed by atoms with Gasteiger partial charge in [-0.05, 0) is 24.3 Å². The summed E-state index contributed by atoms with van der Waals surface area (Å²) in [4.78, 5) is 22.5. The molecule has 13 heteroatoms. The minimum atomic E-state index is -4.58. The molecule has 156 valence electrons. The summed E-state index contributed by atoms with van der Waals surface area (Å²) < 4.78 is 43.7. The maximum Gasteiger partial charge on any atom is 0.416 e. The molecule has 1 heterocycles. The third-order valence-corrected chi connectivity index (χ3v) is 4.78. The largest absolute Gasteiger partial charge is 0.416 e. The number of alkyl halides is 3. The van der Waals surface area contributed by atoms with Crippen LogP contribution in [0, 0.1) is 10.1 Å². The molecule has 0 fully saturated rings. The fourth-order valence-electron chi connectivity index (χ4n) is 2.30. The van der Waals surface area contributed by atoms with Crippen LogP contribution in [-0.4, -0.2) is 26.8 Å². The Morgan fingerprint density at radius 3 is 2.67 bits per heavy atom. The lowest BCUT2D eigenvalue weighted by Gasteiger charge is -2.11. The number of nitrogens with one attached hydrogen (secondary N) is 1. The summed E-state index contributed by atoms with van der Waals surface area (Å²) in [5.74, 6) is -1.04. The number of carbonyl (C=O) groups excluding carboxylic acids is 1. The lowest BCUT2D eigenvalue weighted by molar-refractivity contribution is -0.384. The average molecular weight is 459 g/mol. The zero-order chi connectivity index (χ0) is 21.9. The van der Waals surface area contributed by atoms with Gasteiger partial charge < -0.3 is 9.73 Å². The van der Waals surface area contributed by atoms with Gasteiger partial charge in [0.05, 0.1) is 26.9 Å². The van der Waals surface area contributed by atoms with Gasteiger partial charge in [-0.2, -0.15) is 13.2 Å². The summed E-state index contributed by atoms with van der Waals surface area (Å²) in [5, 5.41) is 20.7. The molecule has 0 bridgehead atoms. The molecule has 3 aromatic rings. The summed E-state index contributed by atoms with van der Waals surface area (Å²) in [7, 11) is 0. The highest BCUT2D eigenvalue weighted by Crippen LogP contribution is 2.34. The third kappa shape index (κ3) is 5.07. The van der Waals surface area contributed by atoms with Crippen LogP contribution in [0.15, 0.2) is 52.1 Å². The van der Waals surface area contributed by atoms with Crippen molar-refractivity contribution in [3.8, 4) is 11.5 Å².